The van der Waals surface area contributed by atoms with Crippen molar-refractivity contribution in [3.63, 3.8) is 0 Å². The molecule has 3 aromatic heterocycles. The summed E-state index contributed by atoms with van der Waals surface area (Å²) in [6.07, 6.45) is 10.8. The fourth-order valence-electron chi connectivity index (χ4n) is 6.83. The average molecular weight is 844 g/mol. The number of rotatable bonds is 9. The van der Waals surface area contributed by atoms with E-state index >= 15 is 0 Å². The van der Waals surface area contributed by atoms with E-state index in [9.17, 15) is 9.90 Å². The number of fused-ring (bicyclic) bond motifs is 6. The fourth-order valence-corrected chi connectivity index (χ4v) is 8.14. The molecule has 6 heteroatoms. The summed E-state index contributed by atoms with van der Waals surface area (Å²) >= 11 is 1.88. The summed E-state index contributed by atoms with van der Waals surface area (Å²) in [6.45, 7) is 8.07. The van der Waals surface area contributed by atoms with E-state index in [-0.39, 0.29) is 43.5 Å². The average Bonchev–Trinajstić information content (AvgIpc) is 3.52. The van der Waals surface area contributed by atoms with Crippen molar-refractivity contribution in [1.29, 1.82) is 0 Å². The third kappa shape index (κ3) is 7.62. The molecule has 0 amide bonds. The van der Waals surface area contributed by atoms with Gasteiger partial charge in [0.15, 0.2) is 5.78 Å². The number of benzene rings is 3. The number of allylic oxidation sites excluding steroid dienone is 2. The number of aliphatic hydroxyl groups excluding tert-OH is 1. The van der Waals surface area contributed by atoms with Crippen molar-refractivity contribution in [3.05, 3.63) is 120 Å². The predicted molar refractivity (Wildman–Crippen MR) is 201 cm³/mol. The Labute approximate surface area is 307 Å². The Kier molecular flexibility index (Phi) is 12.3. The van der Waals surface area contributed by atoms with Crippen molar-refractivity contribution in [2.45, 2.75) is 66.2 Å². The van der Waals surface area contributed by atoms with Crippen LogP contribution in [-0.2, 0) is 37.7 Å². The first kappa shape index (κ1) is 36.3. The largest absolute Gasteiger partial charge is 0.512 e. The minimum absolute atomic E-state index is 0. The molecule has 1 radical (unpaired) electrons. The molecule has 0 unspecified atom stereocenters. The Morgan fingerprint density at radius 2 is 1.53 bits per heavy atom. The molecule has 0 saturated heterocycles. The van der Waals surface area contributed by atoms with Gasteiger partial charge in [-0.1, -0.05) is 98.8 Å². The molecule has 7 rings (SSSR count). The zero-order valence-electron chi connectivity index (χ0n) is 28.6. The standard InChI is InChI=1S/C30H19N2S.C13H24O2.Ir/c1-2-7-19(8-3-1)25-18-21(17-20-9-4-5-10-22(20)25)29-30-24(14-16-32-29)28-23-11-6-15-31-26(23)12-13-27(28)33-30;1-5-10(6-2)12(14)9-13(15)11(7-3)8-4;/h1-11,14-16,18H,12-13H2;9-11,14H,5-8H2,1-4H3;/q-1;;/b;12-9-;. The molecular weight excluding hydrogens is 801 g/mol. The van der Waals surface area contributed by atoms with Crippen molar-refractivity contribution in [2.24, 2.45) is 11.8 Å². The Morgan fingerprint density at radius 3 is 2.27 bits per heavy atom. The molecule has 1 N–H and O–H groups in total. The van der Waals surface area contributed by atoms with Crippen molar-refractivity contribution >= 4 is 38.0 Å². The number of ketones is 1. The van der Waals surface area contributed by atoms with Crippen LogP contribution in [0.4, 0.5) is 0 Å². The van der Waals surface area contributed by atoms with Crippen LogP contribution in [-0.4, -0.2) is 20.9 Å². The minimum atomic E-state index is 0. The quantitative estimate of drug-likeness (QED) is 0.0895. The van der Waals surface area contributed by atoms with Gasteiger partial charge in [0, 0.05) is 82.5 Å². The van der Waals surface area contributed by atoms with Crippen LogP contribution in [0, 0.1) is 17.9 Å². The number of aryl methyl sites for hydroxylation is 2. The molecule has 0 bridgehead atoms. The van der Waals surface area contributed by atoms with Gasteiger partial charge in [-0.2, -0.15) is 0 Å². The molecule has 3 aromatic carbocycles. The van der Waals surface area contributed by atoms with Gasteiger partial charge in [0.05, 0.1) is 5.76 Å². The number of hydrogen-bond donors (Lipinski definition) is 1. The van der Waals surface area contributed by atoms with Gasteiger partial charge in [0.2, 0.25) is 0 Å². The third-order valence-corrected chi connectivity index (χ3v) is 10.9. The second kappa shape index (κ2) is 16.6. The summed E-state index contributed by atoms with van der Waals surface area (Å²) < 4.78 is 1.24. The molecule has 1 aliphatic rings. The first-order valence-electron chi connectivity index (χ1n) is 17.3. The fraction of sp³-hybridized carbons (Fsp3) is 0.279. The van der Waals surface area contributed by atoms with E-state index in [1.165, 1.54) is 54.4 Å². The molecule has 1 aliphatic carbocycles. The van der Waals surface area contributed by atoms with Crippen molar-refractivity contribution in [1.82, 2.24) is 9.97 Å². The van der Waals surface area contributed by atoms with Gasteiger partial charge in [-0.25, -0.2) is 0 Å². The Balaban J connectivity index is 0.000000252. The molecule has 0 spiro atoms. The maximum atomic E-state index is 11.7. The zero-order chi connectivity index (χ0) is 33.6. The van der Waals surface area contributed by atoms with E-state index in [1.54, 1.807) is 0 Å². The van der Waals surface area contributed by atoms with E-state index < -0.39 is 0 Å². The van der Waals surface area contributed by atoms with Gasteiger partial charge < -0.3 is 5.11 Å². The normalized spacial score (nSPS) is 12.3. The van der Waals surface area contributed by atoms with E-state index in [1.807, 2.05) is 57.5 Å². The molecule has 0 fully saturated rings. The van der Waals surface area contributed by atoms with Crippen LogP contribution in [0.1, 0.15) is 63.9 Å². The first-order valence-corrected chi connectivity index (χ1v) is 18.1. The number of thiophene rings is 1. The number of carbonyl (C=O) groups excluding carboxylic acids is 1. The molecule has 0 aliphatic heterocycles. The molecule has 4 nitrogen and oxygen atoms in total. The van der Waals surface area contributed by atoms with Crippen molar-refractivity contribution in [3.8, 4) is 33.5 Å². The number of aliphatic hydroxyl groups is 1. The number of aromatic nitrogens is 2. The van der Waals surface area contributed by atoms with Crippen molar-refractivity contribution < 1.29 is 30.0 Å². The second-order valence-electron chi connectivity index (χ2n) is 12.4. The number of hydrogen-bond acceptors (Lipinski definition) is 5. The molecule has 0 saturated carbocycles. The molecular formula is C43H43IrN2O2S-. The smallest absolute Gasteiger partial charge is 0.162 e. The number of pyridine rings is 2. The monoisotopic (exact) mass is 844 g/mol. The summed E-state index contributed by atoms with van der Waals surface area (Å²) in [5.74, 6) is 0.547. The van der Waals surface area contributed by atoms with Crippen LogP contribution in [0.3, 0.4) is 0 Å². The van der Waals surface area contributed by atoms with E-state index in [4.69, 9.17) is 4.98 Å². The summed E-state index contributed by atoms with van der Waals surface area (Å²) in [6, 6.07) is 31.5. The van der Waals surface area contributed by atoms with E-state index in [2.05, 4.69) is 83.8 Å². The zero-order valence-corrected chi connectivity index (χ0v) is 31.8. The van der Waals surface area contributed by atoms with Gasteiger partial charge in [0.1, 0.15) is 0 Å². The van der Waals surface area contributed by atoms with Gasteiger partial charge >= 0.3 is 0 Å². The molecule has 6 aromatic rings. The van der Waals surface area contributed by atoms with Gasteiger partial charge in [-0.3, -0.25) is 14.8 Å². The van der Waals surface area contributed by atoms with Crippen LogP contribution in [0.2, 0.25) is 0 Å². The summed E-state index contributed by atoms with van der Waals surface area (Å²) in [5.41, 5.74) is 8.30. The molecule has 0 atom stereocenters. The molecule has 3 heterocycles. The van der Waals surface area contributed by atoms with Gasteiger partial charge in [-0.05, 0) is 61.6 Å². The predicted octanol–water partition coefficient (Wildman–Crippen LogP) is 11.6. The molecule has 253 valence electrons. The summed E-state index contributed by atoms with van der Waals surface area (Å²) in [7, 11) is 0. The van der Waals surface area contributed by atoms with E-state index in [0.29, 0.717) is 0 Å². The van der Waals surface area contributed by atoms with E-state index in [0.717, 1.165) is 55.2 Å². The Morgan fingerprint density at radius 1 is 0.816 bits per heavy atom. The maximum absolute atomic E-state index is 11.7. The topological polar surface area (TPSA) is 63.1 Å². The van der Waals surface area contributed by atoms with Crippen LogP contribution in [0.25, 0.3) is 54.4 Å². The Bertz CT molecular complexity index is 2080. The number of nitrogens with zero attached hydrogens (tertiary/aromatic N) is 2. The minimum Gasteiger partial charge on any atom is -0.512 e. The summed E-state index contributed by atoms with van der Waals surface area (Å²) in [5, 5.41) is 13.4. The number of carbonyl (C=O) groups is 1. The third-order valence-electron chi connectivity index (χ3n) is 9.62. The molecule has 49 heavy (non-hydrogen) atoms. The van der Waals surface area contributed by atoms with Crippen LogP contribution in [0.15, 0.2) is 103 Å². The van der Waals surface area contributed by atoms with Crippen LogP contribution >= 0.6 is 11.3 Å². The SMILES string of the molecule is CCC(CC)C(=O)/C=C(\O)C(CC)CC.[Ir].[c-]1c(-c2nccc3c4c(sc23)CCc2ncccc2-4)cc(-c2ccccc2)c2ccccc12. The summed E-state index contributed by atoms with van der Waals surface area (Å²) in [4.78, 5) is 22.7. The Hall–Kier alpha value is -3.96. The van der Waals surface area contributed by atoms with Crippen molar-refractivity contribution in [2.75, 3.05) is 0 Å². The second-order valence-corrected chi connectivity index (χ2v) is 13.5. The van der Waals surface area contributed by atoms with Gasteiger partial charge in [0.25, 0.3) is 0 Å². The van der Waals surface area contributed by atoms with Gasteiger partial charge in [-0.15, -0.1) is 34.9 Å². The maximum Gasteiger partial charge on any atom is 0.162 e. The van der Waals surface area contributed by atoms with Crippen LogP contribution < -0.4 is 0 Å². The van der Waals surface area contributed by atoms with Crippen LogP contribution in [0.5, 0.6) is 0 Å². The first-order chi connectivity index (χ1) is 23.5.